The maximum Gasteiger partial charge on any atom is 0.262 e. The first-order valence-electron chi connectivity index (χ1n) is 9.36. The normalized spacial score (nSPS) is 10.3. The number of hydrogen-bond donors (Lipinski definition) is 2. The molecule has 3 N–H and O–H groups in total. The molecule has 0 aliphatic heterocycles. The number of aryl methyl sites for hydroxylation is 1. The fraction of sp³-hybridized carbons (Fsp3) is 0.143. The van der Waals surface area contributed by atoms with Crippen LogP contribution in [0.4, 0.5) is 5.82 Å². The predicted molar refractivity (Wildman–Crippen MR) is 119 cm³/mol. The highest BCUT2D eigenvalue weighted by Crippen LogP contribution is 2.28. The second-order valence-corrected chi connectivity index (χ2v) is 6.49. The number of hydrogen-bond acceptors (Lipinski definition) is 9. The summed E-state index contributed by atoms with van der Waals surface area (Å²) in [7, 11) is 1.44. The number of carbonyl (C=O) groups is 1. The third-order valence-electron chi connectivity index (χ3n) is 4.49. The highest BCUT2D eigenvalue weighted by Gasteiger charge is 2.23. The molecule has 0 radical (unpaired) electrons. The van der Waals surface area contributed by atoms with Crippen LogP contribution < -0.4 is 15.8 Å². The molecule has 0 saturated carbocycles. The maximum atomic E-state index is 13.0. The Kier molecular flexibility index (Phi) is 7.08. The van der Waals surface area contributed by atoms with E-state index in [9.17, 15) is 4.79 Å². The zero-order valence-corrected chi connectivity index (χ0v) is 18.1. The number of anilines is 1. The standard InChI is InChI=1S/C21H19N7O3.ClH/c1-12-17(18(28-31-12)13-6-4-3-5-7-13)20(29)27-19-21(30-2)26-15(11-25-19)14-9-23-16(8-22)24-10-14;/h3-7,9-11H,8,22H2,1-2H3,(H,25,27,29);1H. The van der Waals surface area contributed by atoms with Crippen molar-refractivity contribution in [3.05, 3.63) is 66.1 Å². The number of nitrogens with one attached hydrogen (secondary N) is 1. The van der Waals surface area contributed by atoms with Crippen molar-refractivity contribution < 1.29 is 14.1 Å². The van der Waals surface area contributed by atoms with E-state index in [4.69, 9.17) is 15.0 Å². The lowest BCUT2D eigenvalue weighted by Crippen LogP contribution is -2.16. The van der Waals surface area contributed by atoms with Gasteiger partial charge in [0.1, 0.15) is 22.8 Å². The first-order chi connectivity index (χ1) is 15.1. The van der Waals surface area contributed by atoms with Gasteiger partial charge < -0.3 is 20.3 Å². The highest BCUT2D eigenvalue weighted by atomic mass is 35.5. The third-order valence-corrected chi connectivity index (χ3v) is 4.49. The van der Waals surface area contributed by atoms with Crippen molar-refractivity contribution in [1.82, 2.24) is 25.1 Å². The lowest BCUT2D eigenvalue weighted by Gasteiger charge is -2.10. The summed E-state index contributed by atoms with van der Waals surface area (Å²) in [4.78, 5) is 30.0. The van der Waals surface area contributed by atoms with E-state index >= 15 is 0 Å². The second-order valence-electron chi connectivity index (χ2n) is 6.49. The van der Waals surface area contributed by atoms with E-state index in [0.717, 1.165) is 5.56 Å². The van der Waals surface area contributed by atoms with Crippen LogP contribution in [0, 0.1) is 6.92 Å². The number of methoxy groups -OCH3 is 1. The SMILES string of the molecule is COc1nc(-c2cnc(CN)nc2)cnc1NC(=O)c1c(-c2ccccc2)noc1C.Cl. The lowest BCUT2D eigenvalue weighted by molar-refractivity contribution is 0.102. The summed E-state index contributed by atoms with van der Waals surface area (Å²) in [6.07, 6.45) is 4.70. The zero-order valence-electron chi connectivity index (χ0n) is 17.3. The fourth-order valence-corrected chi connectivity index (χ4v) is 2.93. The lowest BCUT2D eigenvalue weighted by atomic mass is 10.1. The molecule has 3 heterocycles. The molecule has 3 aromatic heterocycles. The van der Waals surface area contributed by atoms with Crippen molar-refractivity contribution in [3.8, 4) is 28.4 Å². The molecule has 1 amide bonds. The van der Waals surface area contributed by atoms with E-state index in [1.54, 1.807) is 19.3 Å². The zero-order chi connectivity index (χ0) is 21.8. The number of aromatic nitrogens is 5. The summed E-state index contributed by atoms with van der Waals surface area (Å²) in [5.41, 5.74) is 8.17. The average molecular weight is 454 g/mol. The molecule has 0 saturated heterocycles. The number of amides is 1. The number of rotatable bonds is 6. The molecule has 1 aromatic carbocycles. The van der Waals surface area contributed by atoms with Crippen LogP contribution in [-0.4, -0.2) is 38.1 Å². The van der Waals surface area contributed by atoms with Crippen molar-refractivity contribution in [1.29, 1.82) is 0 Å². The number of nitrogens with zero attached hydrogens (tertiary/aromatic N) is 5. The van der Waals surface area contributed by atoms with Gasteiger partial charge in [0.05, 0.1) is 25.5 Å². The minimum Gasteiger partial charge on any atom is -0.478 e. The molecule has 0 aliphatic carbocycles. The summed E-state index contributed by atoms with van der Waals surface area (Å²) in [6.45, 7) is 1.92. The average Bonchev–Trinajstić information content (AvgIpc) is 3.21. The molecule has 0 fully saturated rings. The summed E-state index contributed by atoms with van der Waals surface area (Å²) in [5, 5.41) is 6.76. The number of halogens is 1. The third kappa shape index (κ3) is 4.56. The summed E-state index contributed by atoms with van der Waals surface area (Å²) in [6, 6.07) is 9.30. The molecule has 10 nitrogen and oxygen atoms in total. The molecule has 4 rings (SSSR count). The smallest absolute Gasteiger partial charge is 0.262 e. The topological polar surface area (TPSA) is 142 Å². The summed E-state index contributed by atoms with van der Waals surface area (Å²) < 4.78 is 10.6. The summed E-state index contributed by atoms with van der Waals surface area (Å²) >= 11 is 0. The van der Waals surface area contributed by atoms with Crippen molar-refractivity contribution in [3.63, 3.8) is 0 Å². The quantitative estimate of drug-likeness (QED) is 0.450. The Bertz CT molecular complexity index is 1210. The van der Waals surface area contributed by atoms with Crippen LogP contribution in [0.15, 0.2) is 53.4 Å². The van der Waals surface area contributed by atoms with Crippen LogP contribution in [-0.2, 0) is 6.54 Å². The number of benzene rings is 1. The largest absolute Gasteiger partial charge is 0.478 e. The van der Waals surface area contributed by atoms with Gasteiger partial charge in [-0.2, -0.15) is 0 Å². The van der Waals surface area contributed by atoms with Crippen LogP contribution in [0.2, 0.25) is 0 Å². The molecule has 4 aromatic rings. The van der Waals surface area contributed by atoms with Gasteiger partial charge in [-0.05, 0) is 6.92 Å². The number of ether oxygens (including phenoxy) is 1. The van der Waals surface area contributed by atoms with Gasteiger partial charge in [-0.15, -0.1) is 12.4 Å². The monoisotopic (exact) mass is 453 g/mol. The van der Waals surface area contributed by atoms with E-state index < -0.39 is 5.91 Å². The minimum atomic E-state index is -0.436. The van der Waals surface area contributed by atoms with Gasteiger partial charge in [0, 0.05) is 23.5 Å². The number of nitrogens with two attached hydrogens (primary N) is 1. The van der Waals surface area contributed by atoms with Crippen LogP contribution in [0.1, 0.15) is 21.9 Å². The van der Waals surface area contributed by atoms with Gasteiger partial charge in [-0.25, -0.2) is 19.9 Å². The first kappa shape index (κ1) is 22.8. The van der Waals surface area contributed by atoms with E-state index in [-0.39, 0.29) is 30.6 Å². The van der Waals surface area contributed by atoms with Crippen molar-refractivity contribution >= 4 is 24.1 Å². The first-order valence-corrected chi connectivity index (χ1v) is 9.36. The van der Waals surface area contributed by atoms with Crippen LogP contribution >= 0.6 is 12.4 Å². The van der Waals surface area contributed by atoms with E-state index in [1.165, 1.54) is 13.3 Å². The summed E-state index contributed by atoms with van der Waals surface area (Å²) in [5.74, 6) is 0.774. The van der Waals surface area contributed by atoms with Gasteiger partial charge in [-0.1, -0.05) is 35.5 Å². The van der Waals surface area contributed by atoms with Crippen LogP contribution in [0.5, 0.6) is 5.88 Å². The van der Waals surface area contributed by atoms with Gasteiger partial charge >= 0.3 is 0 Å². The molecule has 0 spiro atoms. The fourth-order valence-electron chi connectivity index (χ4n) is 2.93. The molecule has 0 aliphatic rings. The molecule has 0 atom stereocenters. The van der Waals surface area contributed by atoms with E-state index in [2.05, 4.69) is 30.4 Å². The Labute approximate surface area is 189 Å². The van der Waals surface area contributed by atoms with Gasteiger partial charge in [0.25, 0.3) is 11.8 Å². The molecule has 11 heteroatoms. The highest BCUT2D eigenvalue weighted by molar-refractivity contribution is 6.08. The Morgan fingerprint density at radius 1 is 1.09 bits per heavy atom. The number of carbonyl (C=O) groups excluding carboxylic acids is 1. The van der Waals surface area contributed by atoms with Crippen LogP contribution in [0.25, 0.3) is 22.5 Å². The molecule has 164 valence electrons. The van der Waals surface area contributed by atoms with Gasteiger partial charge in [0.2, 0.25) is 0 Å². The Morgan fingerprint density at radius 2 is 1.81 bits per heavy atom. The van der Waals surface area contributed by atoms with Crippen LogP contribution in [0.3, 0.4) is 0 Å². The minimum absolute atomic E-state index is 0. The van der Waals surface area contributed by atoms with E-state index in [1.807, 2.05) is 30.3 Å². The Hall–Kier alpha value is -3.89. The Morgan fingerprint density at radius 3 is 2.47 bits per heavy atom. The molecule has 0 unspecified atom stereocenters. The van der Waals surface area contributed by atoms with E-state index in [0.29, 0.717) is 34.1 Å². The van der Waals surface area contributed by atoms with Crippen molar-refractivity contribution in [2.75, 3.05) is 12.4 Å². The second kappa shape index (κ2) is 9.94. The van der Waals surface area contributed by atoms with Gasteiger partial charge in [-0.3, -0.25) is 4.79 Å². The molecular formula is C21H20ClN7O3. The molecule has 0 bridgehead atoms. The van der Waals surface area contributed by atoms with Crippen molar-refractivity contribution in [2.45, 2.75) is 13.5 Å². The maximum absolute atomic E-state index is 13.0. The molecule has 32 heavy (non-hydrogen) atoms. The van der Waals surface area contributed by atoms with Gasteiger partial charge in [0.15, 0.2) is 5.82 Å². The Balaban J connectivity index is 0.00000289. The van der Waals surface area contributed by atoms with Crippen molar-refractivity contribution in [2.24, 2.45) is 5.73 Å². The predicted octanol–water partition coefficient (Wildman–Crippen LogP) is 3.04. The molecular weight excluding hydrogens is 434 g/mol.